The highest BCUT2D eigenvalue weighted by atomic mass is 35.5. The third-order valence-electron chi connectivity index (χ3n) is 1.67. The van der Waals surface area contributed by atoms with E-state index in [0.29, 0.717) is 10.6 Å². The average molecular weight is 203 g/mol. The smallest absolute Gasteiger partial charge is 0.127 e. The maximum atomic E-state index is 13.2. The van der Waals surface area contributed by atoms with Crippen LogP contribution in [0.3, 0.4) is 0 Å². The lowest BCUT2D eigenvalue weighted by Crippen LogP contribution is -2.22. The van der Waals surface area contributed by atoms with Gasteiger partial charge in [0.15, 0.2) is 0 Å². The van der Waals surface area contributed by atoms with Crippen LogP contribution in [0.25, 0.3) is 0 Å². The highest BCUT2D eigenvalue weighted by Crippen LogP contribution is 2.23. The van der Waals surface area contributed by atoms with E-state index in [2.05, 4.69) is 0 Å². The van der Waals surface area contributed by atoms with Gasteiger partial charge in [0.25, 0.3) is 0 Å². The van der Waals surface area contributed by atoms with Crippen molar-refractivity contribution in [2.24, 2.45) is 0 Å². The molecular formula is C10H12ClFO. The molecule has 0 aliphatic heterocycles. The zero-order valence-corrected chi connectivity index (χ0v) is 8.40. The normalized spacial score (nSPS) is 11.8. The van der Waals surface area contributed by atoms with E-state index in [0.717, 1.165) is 0 Å². The van der Waals surface area contributed by atoms with Gasteiger partial charge >= 0.3 is 0 Å². The van der Waals surface area contributed by atoms with Gasteiger partial charge < -0.3 is 5.11 Å². The molecule has 0 saturated heterocycles. The molecule has 1 aromatic rings. The Kier molecular flexibility index (Phi) is 2.94. The largest absolute Gasteiger partial charge is 0.390 e. The van der Waals surface area contributed by atoms with Crippen LogP contribution in [0.15, 0.2) is 18.2 Å². The molecule has 0 amide bonds. The molecule has 0 aromatic heterocycles. The van der Waals surface area contributed by atoms with Crippen LogP contribution in [0, 0.1) is 5.82 Å². The van der Waals surface area contributed by atoms with E-state index in [1.54, 1.807) is 26.0 Å². The minimum atomic E-state index is -0.939. The summed E-state index contributed by atoms with van der Waals surface area (Å²) in [5.41, 5.74) is -0.567. The minimum absolute atomic E-state index is 0.221. The molecule has 0 aliphatic carbocycles. The molecule has 0 heterocycles. The van der Waals surface area contributed by atoms with E-state index >= 15 is 0 Å². The minimum Gasteiger partial charge on any atom is -0.390 e. The van der Waals surface area contributed by atoms with Gasteiger partial charge in [-0.2, -0.15) is 0 Å². The molecule has 13 heavy (non-hydrogen) atoms. The zero-order chi connectivity index (χ0) is 10.1. The predicted octanol–water partition coefficient (Wildman–Crippen LogP) is 2.79. The lowest BCUT2D eigenvalue weighted by Gasteiger charge is -2.18. The fourth-order valence-electron chi connectivity index (χ4n) is 1.13. The van der Waals surface area contributed by atoms with Gasteiger partial charge in [0.1, 0.15) is 5.82 Å². The van der Waals surface area contributed by atoms with E-state index in [1.165, 1.54) is 6.07 Å². The average Bonchev–Trinajstić information content (AvgIpc) is 1.95. The summed E-state index contributed by atoms with van der Waals surface area (Å²) in [5.74, 6) is -0.366. The van der Waals surface area contributed by atoms with E-state index < -0.39 is 5.60 Å². The fraction of sp³-hybridized carbons (Fsp3) is 0.400. The first-order chi connectivity index (χ1) is 5.90. The molecule has 0 unspecified atom stereocenters. The molecule has 1 N–H and O–H groups in total. The van der Waals surface area contributed by atoms with Gasteiger partial charge in [0.2, 0.25) is 0 Å². The second kappa shape index (κ2) is 3.64. The Morgan fingerprint density at radius 1 is 1.46 bits per heavy atom. The first-order valence-corrected chi connectivity index (χ1v) is 4.43. The molecule has 72 valence electrons. The second-order valence-corrected chi connectivity index (χ2v) is 4.10. The molecule has 0 aliphatic rings. The molecule has 1 nitrogen and oxygen atoms in total. The summed E-state index contributed by atoms with van der Waals surface area (Å²) in [7, 11) is 0. The maximum absolute atomic E-state index is 13.2. The second-order valence-electron chi connectivity index (χ2n) is 3.69. The van der Waals surface area contributed by atoms with Crippen molar-refractivity contribution in [3.05, 3.63) is 34.6 Å². The van der Waals surface area contributed by atoms with Crippen LogP contribution in [0.2, 0.25) is 5.02 Å². The van der Waals surface area contributed by atoms with E-state index in [-0.39, 0.29) is 12.2 Å². The number of hydrogen-bond acceptors (Lipinski definition) is 1. The van der Waals surface area contributed by atoms with Gasteiger partial charge in [-0.25, -0.2) is 4.39 Å². The molecular weight excluding hydrogens is 191 g/mol. The SMILES string of the molecule is CC(C)(O)Cc1c(F)cccc1Cl. The monoisotopic (exact) mass is 202 g/mol. The molecule has 3 heteroatoms. The summed E-state index contributed by atoms with van der Waals surface area (Å²) in [6, 6.07) is 4.50. The van der Waals surface area contributed by atoms with E-state index in [4.69, 9.17) is 11.6 Å². The molecule has 0 saturated carbocycles. The molecule has 0 bridgehead atoms. The molecule has 0 fully saturated rings. The summed E-state index contributed by atoms with van der Waals surface area (Å²) < 4.78 is 13.2. The summed E-state index contributed by atoms with van der Waals surface area (Å²) in [6.45, 7) is 3.24. The van der Waals surface area contributed by atoms with Crippen LogP contribution in [0.4, 0.5) is 4.39 Å². The van der Waals surface area contributed by atoms with Gasteiger partial charge in [0, 0.05) is 17.0 Å². The van der Waals surface area contributed by atoms with Gasteiger partial charge in [-0.3, -0.25) is 0 Å². The number of aliphatic hydroxyl groups is 1. The molecule has 0 radical (unpaired) electrons. The van der Waals surface area contributed by atoms with Crippen molar-refractivity contribution in [2.45, 2.75) is 25.9 Å². The Morgan fingerprint density at radius 3 is 2.54 bits per heavy atom. The van der Waals surface area contributed by atoms with Gasteiger partial charge in [-0.1, -0.05) is 17.7 Å². The fourth-order valence-corrected chi connectivity index (χ4v) is 1.36. The highest BCUT2D eigenvalue weighted by molar-refractivity contribution is 6.31. The molecule has 0 spiro atoms. The molecule has 1 rings (SSSR count). The Morgan fingerprint density at radius 2 is 2.08 bits per heavy atom. The number of benzene rings is 1. The number of rotatable bonds is 2. The highest BCUT2D eigenvalue weighted by Gasteiger charge is 2.18. The van der Waals surface area contributed by atoms with Crippen LogP contribution in [0.5, 0.6) is 0 Å². The van der Waals surface area contributed by atoms with Gasteiger partial charge in [0.05, 0.1) is 5.60 Å². The summed E-state index contributed by atoms with van der Waals surface area (Å²) in [4.78, 5) is 0. The topological polar surface area (TPSA) is 20.2 Å². The van der Waals surface area contributed by atoms with E-state index in [1.807, 2.05) is 0 Å². The summed E-state index contributed by atoms with van der Waals surface area (Å²) >= 11 is 5.78. The van der Waals surface area contributed by atoms with Crippen molar-refractivity contribution >= 4 is 11.6 Å². The summed E-state index contributed by atoms with van der Waals surface area (Å²) in [5, 5.41) is 9.86. The first kappa shape index (κ1) is 10.5. The Balaban J connectivity index is 3.00. The van der Waals surface area contributed by atoms with Crippen molar-refractivity contribution in [3.8, 4) is 0 Å². The third-order valence-corrected chi connectivity index (χ3v) is 2.03. The molecule has 1 aromatic carbocycles. The van der Waals surface area contributed by atoms with Crippen LogP contribution in [-0.2, 0) is 6.42 Å². The number of halogens is 2. The lowest BCUT2D eigenvalue weighted by atomic mass is 9.98. The predicted molar refractivity (Wildman–Crippen MR) is 51.4 cm³/mol. The van der Waals surface area contributed by atoms with Gasteiger partial charge in [-0.15, -0.1) is 0 Å². The standard InChI is InChI=1S/C10H12ClFO/c1-10(2,13)6-7-8(11)4-3-5-9(7)12/h3-5,13H,6H2,1-2H3. The Hall–Kier alpha value is -0.600. The lowest BCUT2D eigenvalue weighted by molar-refractivity contribution is 0.0800. The Labute approximate surface area is 82.2 Å². The van der Waals surface area contributed by atoms with Crippen molar-refractivity contribution < 1.29 is 9.50 Å². The zero-order valence-electron chi connectivity index (χ0n) is 7.64. The first-order valence-electron chi connectivity index (χ1n) is 4.05. The number of hydrogen-bond donors (Lipinski definition) is 1. The van der Waals surface area contributed by atoms with Crippen LogP contribution < -0.4 is 0 Å². The van der Waals surface area contributed by atoms with Crippen molar-refractivity contribution in [2.75, 3.05) is 0 Å². The third kappa shape index (κ3) is 2.98. The van der Waals surface area contributed by atoms with Crippen molar-refractivity contribution in [1.82, 2.24) is 0 Å². The van der Waals surface area contributed by atoms with Crippen molar-refractivity contribution in [3.63, 3.8) is 0 Å². The quantitative estimate of drug-likeness (QED) is 0.782. The van der Waals surface area contributed by atoms with Gasteiger partial charge in [-0.05, 0) is 26.0 Å². The van der Waals surface area contributed by atoms with Crippen molar-refractivity contribution in [1.29, 1.82) is 0 Å². The van der Waals surface area contributed by atoms with Crippen LogP contribution in [0.1, 0.15) is 19.4 Å². The molecule has 0 atom stereocenters. The maximum Gasteiger partial charge on any atom is 0.127 e. The van der Waals surface area contributed by atoms with E-state index in [9.17, 15) is 9.50 Å². The van der Waals surface area contributed by atoms with Crippen LogP contribution in [-0.4, -0.2) is 10.7 Å². The summed E-state index contributed by atoms with van der Waals surface area (Å²) in [6.07, 6.45) is 0.221. The Bertz CT molecular complexity index is 284. The van der Waals surface area contributed by atoms with Crippen LogP contribution >= 0.6 is 11.6 Å².